The molecule has 0 amide bonds. The van der Waals surface area contributed by atoms with E-state index in [4.69, 9.17) is 9.97 Å². The zero-order chi connectivity index (χ0) is 29.2. The summed E-state index contributed by atoms with van der Waals surface area (Å²) in [6, 6.07) is 46.3. The summed E-state index contributed by atoms with van der Waals surface area (Å²) in [7, 11) is 0. The second-order valence-corrected chi connectivity index (χ2v) is 12.6. The molecule has 0 N–H and O–H groups in total. The van der Waals surface area contributed by atoms with Gasteiger partial charge in [-0.25, -0.2) is 9.97 Å². The minimum atomic E-state index is -0.0542. The van der Waals surface area contributed by atoms with Gasteiger partial charge >= 0.3 is 0 Å². The van der Waals surface area contributed by atoms with E-state index >= 15 is 0 Å². The Labute approximate surface area is 255 Å². The fourth-order valence-corrected chi connectivity index (χ4v) is 7.83. The predicted molar refractivity (Wildman–Crippen MR) is 181 cm³/mol. The lowest BCUT2D eigenvalue weighted by Gasteiger charge is -2.22. The number of hydrogen-bond acceptors (Lipinski definition) is 2. The molecular weight excluding hydrogens is 534 g/mol. The van der Waals surface area contributed by atoms with E-state index in [1.165, 1.54) is 60.8 Å². The Morgan fingerprint density at radius 1 is 0.500 bits per heavy atom. The molecule has 0 saturated heterocycles. The highest BCUT2D eigenvalue weighted by atomic mass is 15.1. The van der Waals surface area contributed by atoms with E-state index in [1.807, 2.05) is 12.1 Å². The topological polar surface area (TPSA) is 30.7 Å². The van der Waals surface area contributed by atoms with Crippen molar-refractivity contribution in [3.05, 3.63) is 139 Å². The highest BCUT2D eigenvalue weighted by Gasteiger charge is 2.35. The number of nitrogens with zero attached hydrogens (tertiary/aromatic N) is 3. The highest BCUT2D eigenvalue weighted by molar-refractivity contribution is 6.17. The lowest BCUT2D eigenvalue weighted by atomic mass is 9.81. The van der Waals surface area contributed by atoms with E-state index in [0.29, 0.717) is 0 Å². The monoisotopic (exact) mass is 561 g/mol. The minimum absolute atomic E-state index is 0.0542. The molecule has 6 aromatic carbocycles. The molecule has 10 rings (SSSR count). The van der Waals surface area contributed by atoms with Crippen molar-refractivity contribution in [2.75, 3.05) is 0 Å². The molecule has 3 nitrogen and oxygen atoms in total. The number of hydrogen-bond donors (Lipinski definition) is 0. The van der Waals surface area contributed by atoms with Gasteiger partial charge in [-0.2, -0.15) is 0 Å². The van der Waals surface area contributed by atoms with Crippen LogP contribution >= 0.6 is 0 Å². The van der Waals surface area contributed by atoms with Crippen LogP contribution in [0.25, 0.3) is 83.3 Å². The Bertz CT molecular complexity index is 2530. The average molecular weight is 562 g/mol. The Kier molecular flexibility index (Phi) is 4.52. The molecule has 0 atom stereocenters. The Balaban J connectivity index is 1.32. The highest BCUT2D eigenvalue weighted by Crippen LogP contribution is 2.51. The molecule has 8 aromatic rings. The van der Waals surface area contributed by atoms with Crippen LogP contribution in [-0.2, 0) is 5.41 Å². The van der Waals surface area contributed by atoms with Crippen LogP contribution in [0.5, 0.6) is 0 Å². The van der Waals surface area contributed by atoms with Gasteiger partial charge in [-0.3, -0.25) is 4.57 Å². The standard InChI is InChI=1S/C41H27N3/c1-41(2)33-15-7-5-12-27(33)28-20-19-24(23-34(28)41)25-21-31-26-11-3-4-14-30(26)38-40(43-36-17-9-8-16-35(36)42-38)44-37-18-10-6-13-29(37)32(22-25)39(31)44/h3-23H,1-2H3. The summed E-state index contributed by atoms with van der Waals surface area (Å²) < 4.78 is 2.35. The van der Waals surface area contributed by atoms with Crippen molar-refractivity contribution >= 4 is 32.8 Å². The number of fused-ring (bicyclic) bond motifs is 12. The summed E-state index contributed by atoms with van der Waals surface area (Å²) in [5.41, 5.74) is 16.4. The number of para-hydroxylation sites is 3. The number of aromatic nitrogens is 3. The van der Waals surface area contributed by atoms with Crippen molar-refractivity contribution in [3.63, 3.8) is 0 Å². The lowest BCUT2D eigenvalue weighted by molar-refractivity contribution is 0.660. The predicted octanol–water partition coefficient (Wildman–Crippen LogP) is 10.3. The fourth-order valence-electron chi connectivity index (χ4n) is 7.83. The van der Waals surface area contributed by atoms with Gasteiger partial charge in [0.25, 0.3) is 0 Å². The largest absolute Gasteiger partial charge is 0.291 e. The normalized spacial score (nSPS) is 13.9. The Morgan fingerprint density at radius 2 is 1.18 bits per heavy atom. The van der Waals surface area contributed by atoms with Crippen molar-refractivity contribution in [2.24, 2.45) is 0 Å². The Hall–Kier alpha value is -5.54. The molecule has 3 heterocycles. The summed E-state index contributed by atoms with van der Waals surface area (Å²) in [6.45, 7) is 4.70. The maximum Gasteiger partial charge on any atom is 0.165 e. The van der Waals surface area contributed by atoms with Crippen LogP contribution in [0, 0.1) is 0 Å². The molecule has 0 fully saturated rings. The first kappa shape index (κ1) is 24.0. The first-order chi connectivity index (χ1) is 21.6. The maximum absolute atomic E-state index is 5.28. The molecule has 0 radical (unpaired) electrons. The summed E-state index contributed by atoms with van der Waals surface area (Å²) in [4.78, 5) is 10.5. The average Bonchev–Trinajstić information content (AvgIpc) is 3.48. The maximum atomic E-state index is 5.28. The molecule has 2 aromatic heterocycles. The summed E-state index contributed by atoms with van der Waals surface area (Å²) in [5.74, 6) is 0.880. The molecular formula is C41H27N3. The van der Waals surface area contributed by atoms with Crippen LogP contribution in [0.1, 0.15) is 25.0 Å². The minimum Gasteiger partial charge on any atom is -0.291 e. The molecule has 1 aliphatic carbocycles. The van der Waals surface area contributed by atoms with Gasteiger partial charge in [0.1, 0.15) is 5.69 Å². The molecule has 0 spiro atoms. The van der Waals surface area contributed by atoms with Crippen LogP contribution in [0.15, 0.2) is 127 Å². The first-order valence-corrected chi connectivity index (χ1v) is 15.3. The van der Waals surface area contributed by atoms with Gasteiger partial charge in [0.05, 0.1) is 22.1 Å². The van der Waals surface area contributed by atoms with Gasteiger partial charge in [0, 0.05) is 27.3 Å². The van der Waals surface area contributed by atoms with E-state index in [9.17, 15) is 0 Å². The molecule has 0 unspecified atom stereocenters. The van der Waals surface area contributed by atoms with Crippen molar-refractivity contribution in [3.8, 4) is 50.5 Å². The zero-order valence-corrected chi connectivity index (χ0v) is 24.5. The second-order valence-electron chi connectivity index (χ2n) is 12.6. The van der Waals surface area contributed by atoms with Crippen LogP contribution < -0.4 is 0 Å². The van der Waals surface area contributed by atoms with Gasteiger partial charge in [0.15, 0.2) is 5.82 Å². The fraction of sp³-hybridized carbons (Fsp3) is 0.0732. The third-order valence-electron chi connectivity index (χ3n) is 9.92. The molecule has 0 saturated carbocycles. The SMILES string of the molecule is CC1(C)c2ccccc2-c2ccc(-c3cc4c5c(c3)c3ccccc3n5-c3nc5ccccc5nc3-c3ccccc3-4)cc21. The van der Waals surface area contributed by atoms with Crippen molar-refractivity contribution < 1.29 is 0 Å². The molecule has 44 heavy (non-hydrogen) atoms. The smallest absolute Gasteiger partial charge is 0.165 e. The van der Waals surface area contributed by atoms with E-state index < -0.39 is 0 Å². The van der Waals surface area contributed by atoms with Gasteiger partial charge in [-0.1, -0.05) is 105 Å². The van der Waals surface area contributed by atoms with E-state index in [-0.39, 0.29) is 5.41 Å². The molecule has 0 bridgehead atoms. The Morgan fingerprint density at radius 3 is 2.05 bits per heavy atom. The van der Waals surface area contributed by atoms with Crippen molar-refractivity contribution in [1.82, 2.24) is 14.5 Å². The van der Waals surface area contributed by atoms with Crippen molar-refractivity contribution in [1.29, 1.82) is 0 Å². The van der Waals surface area contributed by atoms with Crippen LogP contribution in [0.3, 0.4) is 0 Å². The van der Waals surface area contributed by atoms with Crippen LogP contribution in [0.2, 0.25) is 0 Å². The number of benzene rings is 6. The van der Waals surface area contributed by atoms with Crippen LogP contribution in [0.4, 0.5) is 0 Å². The molecule has 206 valence electrons. The van der Waals surface area contributed by atoms with Crippen LogP contribution in [-0.4, -0.2) is 14.5 Å². The second kappa shape index (κ2) is 8.30. The molecule has 2 aliphatic rings. The van der Waals surface area contributed by atoms with Gasteiger partial charge in [-0.05, 0) is 75.3 Å². The first-order valence-electron chi connectivity index (χ1n) is 15.3. The quantitative estimate of drug-likeness (QED) is 0.200. The van der Waals surface area contributed by atoms with E-state index in [0.717, 1.165) is 33.6 Å². The van der Waals surface area contributed by atoms with E-state index in [2.05, 4.69) is 134 Å². The van der Waals surface area contributed by atoms with Crippen molar-refractivity contribution in [2.45, 2.75) is 19.3 Å². The number of rotatable bonds is 1. The van der Waals surface area contributed by atoms with Gasteiger partial charge in [0.2, 0.25) is 0 Å². The lowest BCUT2D eigenvalue weighted by Crippen LogP contribution is -2.14. The third-order valence-corrected chi connectivity index (χ3v) is 9.92. The summed E-state index contributed by atoms with van der Waals surface area (Å²) in [6.07, 6.45) is 0. The zero-order valence-electron chi connectivity index (χ0n) is 24.5. The van der Waals surface area contributed by atoms with Gasteiger partial charge < -0.3 is 0 Å². The molecule has 3 heteroatoms. The summed E-state index contributed by atoms with van der Waals surface area (Å²) >= 11 is 0. The molecule has 1 aliphatic heterocycles. The summed E-state index contributed by atoms with van der Waals surface area (Å²) in [5, 5.41) is 2.45. The van der Waals surface area contributed by atoms with Gasteiger partial charge in [-0.15, -0.1) is 0 Å². The third kappa shape index (κ3) is 3.01. The van der Waals surface area contributed by atoms with E-state index in [1.54, 1.807) is 0 Å².